The minimum absolute atomic E-state index is 0.128. The molecule has 0 amide bonds. The highest BCUT2D eigenvalue weighted by Crippen LogP contribution is 2.17. The van der Waals surface area contributed by atoms with E-state index < -0.39 is 10.0 Å². The van der Waals surface area contributed by atoms with Crippen molar-refractivity contribution in [3.05, 3.63) is 41.1 Å². The SMILES string of the molecule is COc1ccc(CNS(=O)(=O)c2n[nH]c(C)c2CO)cc1. The number of sulfonamides is 1. The number of aliphatic hydroxyl groups excluding tert-OH is 1. The van der Waals surface area contributed by atoms with Gasteiger partial charge in [-0.05, 0) is 24.6 Å². The third kappa shape index (κ3) is 3.41. The second-order valence-corrected chi connectivity index (χ2v) is 6.15. The molecule has 1 aromatic carbocycles. The highest BCUT2D eigenvalue weighted by atomic mass is 32.2. The van der Waals surface area contributed by atoms with Crippen molar-refractivity contribution in [2.24, 2.45) is 0 Å². The first-order valence-corrected chi connectivity index (χ1v) is 7.73. The van der Waals surface area contributed by atoms with E-state index in [2.05, 4.69) is 14.9 Å². The topological polar surface area (TPSA) is 104 Å². The monoisotopic (exact) mass is 311 g/mol. The molecule has 0 atom stereocenters. The standard InChI is InChI=1S/C13H17N3O4S/c1-9-12(8-17)13(16-15-9)21(18,19)14-7-10-3-5-11(20-2)6-4-10/h3-6,14,17H,7-8H2,1-2H3,(H,15,16). The van der Waals surface area contributed by atoms with Crippen LogP contribution in [0.15, 0.2) is 29.3 Å². The molecule has 0 aliphatic heterocycles. The van der Waals surface area contributed by atoms with Gasteiger partial charge in [0.1, 0.15) is 5.75 Å². The molecule has 0 saturated carbocycles. The van der Waals surface area contributed by atoms with Crippen molar-refractivity contribution in [3.8, 4) is 5.75 Å². The quantitative estimate of drug-likeness (QED) is 0.728. The average molecular weight is 311 g/mol. The zero-order valence-corrected chi connectivity index (χ0v) is 12.6. The van der Waals surface area contributed by atoms with Gasteiger partial charge in [0.2, 0.25) is 0 Å². The number of H-pyrrole nitrogens is 1. The highest BCUT2D eigenvalue weighted by Gasteiger charge is 2.23. The van der Waals surface area contributed by atoms with E-state index in [0.717, 1.165) is 5.56 Å². The second kappa shape index (κ2) is 6.25. The van der Waals surface area contributed by atoms with E-state index in [4.69, 9.17) is 4.74 Å². The molecule has 3 N–H and O–H groups in total. The van der Waals surface area contributed by atoms with Crippen molar-refractivity contribution < 1.29 is 18.3 Å². The first-order chi connectivity index (χ1) is 9.97. The Kier molecular flexibility index (Phi) is 4.61. The number of rotatable bonds is 6. The number of aromatic nitrogens is 2. The van der Waals surface area contributed by atoms with Crippen molar-refractivity contribution in [1.82, 2.24) is 14.9 Å². The summed E-state index contributed by atoms with van der Waals surface area (Å²) in [6, 6.07) is 7.04. The molecular formula is C13H17N3O4S. The molecule has 0 saturated heterocycles. The minimum atomic E-state index is -3.78. The third-order valence-electron chi connectivity index (χ3n) is 3.07. The molecule has 1 aromatic heterocycles. The summed E-state index contributed by atoms with van der Waals surface area (Å²) in [7, 11) is -2.22. The molecule has 21 heavy (non-hydrogen) atoms. The van der Waals surface area contributed by atoms with Crippen molar-refractivity contribution in [2.45, 2.75) is 25.1 Å². The number of aliphatic hydroxyl groups is 1. The smallest absolute Gasteiger partial charge is 0.260 e. The zero-order valence-electron chi connectivity index (χ0n) is 11.8. The summed E-state index contributed by atoms with van der Waals surface area (Å²) in [6.45, 7) is 1.39. The summed E-state index contributed by atoms with van der Waals surface area (Å²) in [5.41, 5.74) is 1.59. The number of methoxy groups -OCH3 is 1. The fourth-order valence-electron chi connectivity index (χ4n) is 1.83. The Balaban J connectivity index is 2.13. The molecule has 0 bridgehead atoms. The normalized spacial score (nSPS) is 11.6. The molecule has 0 radical (unpaired) electrons. The van der Waals surface area contributed by atoms with E-state index in [1.165, 1.54) is 0 Å². The van der Waals surface area contributed by atoms with E-state index in [9.17, 15) is 13.5 Å². The number of ether oxygens (including phenoxy) is 1. The van der Waals surface area contributed by atoms with Crippen molar-refractivity contribution >= 4 is 10.0 Å². The van der Waals surface area contributed by atoms with Crippen LogP contribution < -0.4 is 9.46 Å². The van der Waals surface area contributed by atoms with E-state index in [0.29, 0.717) is 11.4 Å². The van der Waals surface area contributed by atoms with Gasteiger partial charge in [-0.25, -0.2) is 13.1 Å². The number of nitrogens with zero attached hydrogens (tertiary/aromatic N) is 1. The summed E-state index contributed by atoms with van der Waals surface area (Å²) in [5, 5.41) is 15.4. The lowest BCUT2D eigenvalue weighted by atomic mass is 10.2. The molecule has 0 aliphatic carbocycles. The molecule has 7 nitrogen and oxygen atoms in total. The fraction of sp³-hybridized carbons (Fsp3) is 0.308. The van der Waals surface area contributed by atoms with Crippen LogP contribution in [0.5, 0.6) is 5.75 Å². The van der Waals surface area contributed by atoms with Crippen LogP contribution in [0.1, 0.15) is 16.8 Å². The van der Waals surface area contributed by atoms with Gasteiger partial charge in [-0.3, -0.25) is 5.10 Å². The summed E-state index contributed by atoms with van der Waals surface area (Å²) in [5.74, 6) is 0.701. The Morgan fingerprint density at radius 1 is 1.33 bits per heavy atom. The van der Waals surface area contributed by atoms with Crippen LogP contribution in [-0.4, -0.2) is 30.8 Å². The summed E-state index contributed by atoms with van der Waals surface area (Å²) >= 11 is 0. The van der Waals surface area contributed by atoms with Gasteiger partial charge in [-0.1, -0.05) is 12.1 Å². The average Bonchev–Trinajstić information content (AvgIpc) is 2.87. The number of hydrogen-bond acceptors (Lipinski definition) is 5. The molecule has 0 unspecified atom stereocenters. The first kappa shape index (κ1) is 15.5. The highest BCUT2D eigenvalue weighted by molar-refractivity contribution is 7.89. The van der Waals surface area contributed by atoms with Crippen LogP contribution in [0.25, 0.3) is 0 Å². The number of hydrogen-bond donors (Lipinski definition) is 3. The summed E-state index contributed by atoms with van der Waals surface area (Å²) in [4.78, 5) is 0. The van der Waals surface area contributed by atoms with Gasteiger partial charge in [-0.2, -0.15) is 5.10 Å². The second-order valence-electron chi connectivity index (χ2n) is 4.46. The van der Waals surface area contributed by atoms with Crippen molar-refractivity contribution in [2.75, 3.05) is 7.11 Å². The maximum atomic E-state index is 12.2. The van der Waals surface area contributed by atoms with Gasteiger partial charge in [0.25, 0.3) is 10.0 Å². The third-order valence-corrected chi connectivity index (χ3v) is 4.45. The number of aromatic amines is 1. The van der Waals surface area contributed by atoms with E-state index in [1.54, 1.807) is 38.3 Å². The van der Waals surface area contributed by atoms with Crippen LogP contribution in [0.4, 0.5) is 0 Å². The van der Waals surface area contributed by atoms with Crippen LogP contribution in [-0.2, 0) is 23.2 Å². The predicted molar refractivity (Wildman–Crippen MR) is 76.3 cm³/mol. The Labute approximate surface area is 123 Å². The zero-order chi connectivity index (χ0) is 15.5. The van der Waals surface area contributed by atoms with Gasteiger partial charge in [0.15, 0.2) is 5.03 Å². The van der Waals surface area contributed by atoms with Crippen LogP contribution in [0.3, 0.4) is 0 Å². The molecular weight excluding hydrogens is 294 g/mol. The van der Waals surface area contributed by atoms with Crippen LogP contribution in [0, 0.1) is 6.92 Å². The molecule has 114 valence electrons. The lowest BCUT2D eigenvalue weighted by Crippen LogP contribution is -2.24. The molecule has 2 aromatic rings. The Hall–Kier alpha value is -1.90. The Morgan fingerprint density at radius 3 is 2.57 bits per heavy atom. The van der Waals surface area contributed by atoms with Gasteiger partial charge in [0, 0.05) is 17.8 Å². The van der Waals surface area contributed by atoms with Gasteiger partial charge in [0.05, 0.1) is 13.7 Å². The van der Waals surface area contributed by atoms with E-state index >= 15 is 0 Å². The predicted octanol–water partition coefficient (Wildman–Crippen LogP) is 0.698. The largest absolute Gasteiger partial charge is 0.497 e. The Morgan fingerprint density at radius 2 is 2.00 bits per heavy atom. The fourth-order valence-corrected chi connectivity index (χ4v) is 3.03. The van der Waals surface area contributed by atoms with Crippen molar-refractivity contribution in [1.29, 1.82) is 0 Å². The summed E-state index contributed by atoms with van der Waals surface area (Å²) < 4.78 is 31.9. The lowest BCUT2D eigenvalue weighted by molar-refractivity contribution is 0.277. The number of benzene rings is 1. The van der Waals surface area contributed by atoms with Crippen LogP contribution >= 0.6 is 0 Å². The summed E-state index contributed by atoms with van der Waals surface area (Å²) in [6.07, 6.45) is 0. The molecule has 1 heterocycles. The van der Waals surface area contributed by atoms with Gasteiger partial charge in [-0.15, -0.1) is 0 Å². The van der Waals surface area contributed by atoms with Gasteiger partial charge < -0.3 is 9.84 Å². The molecule has 0 spiro atoms. The minimum Gasteiger partial charge on any atom is -0.497 e. The van der Waals surface area contributed by atoms with Crippen molar-refractivity contribution in [3.63, 3.8) is 0 Å². The van der Waals surface area contributed by atoms with E-state index in [1.807, 2.05) is 0 Å². The van der Waals surface area contributed by atoms with Gasteiger partial charge >= 0.3 is 0 Å². The molecule has 8 heteroatoms. The number of aryl methyl sites for hydroxylation is 1. The maximum absolute atomic E-state index is 12.2. The Bertz CT molecular complexity index is 708. The number of nitrogens with one attached hydrogen (secondary N) is 2. The molecule has 0 aliphatic rings. The molecule has 2 rings (SSSR count). The van der Waals surface area contributed by atoms with E-state index in [-0.39, 0.29) is 23.7 Å². The lowest BCUT2D eigenvalue weighted by Gasteiger charge is -2.07. The first-order valence-electron chi connectivity index (χ1n) is 6.25. The molecule has 0 fully saturated rings. The van der Waals surface area contributed by atoms with Crippen LogP contribution in [0.2, 0.25) is 0 Å². The maximum Gasteiger partial charge on any atom is 0.260 e.